The first kappa shape index (κ1) is 34.4. The van der Waals surface area contributed by atoms with E-state index in [2.05, 4.69) is 32.9 Å². The summed E-state index contributed by atoms with van der Waals surface area (Å²) >= 11 is 0. The van der Waals surface area contributed by atoms with Crippen LogP contribution >= 0.6 is 0 Å². The zero-order valence-corrected chi connectivity index (χ0v) is 27.2. The fourth-order valence-electron chi connectivity index (χ4n) is 10.4. The second-order valence-electron chi connectivity index (χ2n) is 14.9. The van der Waals surface area contributed by atoms with Crippen LogP contribution in [0, 0.1) is 40.4 Å². The number of hydrogen-bond acceptors (Lipinski definition) is 10. The van der Waals surface area contributed by atoms with E-state index >= 15 is 0 Å². The Morgan fingerprint density at radius 1 is 1.00 bits per heavy atom. The first-order valence-electron chi connectivity index (χ1n) is 16.6. The molecule has 1 aliphatic heterocycles. The Bertz CT molecular complexity index is 1070. The lowest BCUT2D eigenvalue weighted by Crippen LogP contribution is -2.66. The summed E-state index contributed by atoms with van der Waals surface area (Å²) in [7, 11) is 3.05. The molecule has 252 valence electrons. The van der Waals surface area contributed by atoms with Gasteiger partial charge < -0.3 is 49.6 Å². The fourth-order valence-corrected chi connectivity index (χ4v) is 10.4. The van der Waals surface area contributed by atoms with Crippen LogP contribution in [0.1, 0.15) is 66.2 Å². The first-order valence-corrected chi connectivity index (χ1v) is 16.6. The standard InChI is InChI=1S/C34H56O10/c1-18(11-14-35)7-8-19(2)25-26(38)27(39)30-33(25,4)13-10-24-32(3)12-9-20(15-21(32)22(36)16-34(24,30)40)44-31-29(42-6)28(41-5)23(37)17-43-31/h7-8,15,18-20,22-31,35-40H,9-14,16-17H2,1-6H3/b8-7+/t18?,19-,20+,22-,23-,24?,25+,26-,27+,28?,29?,30?,31+,32+,33-,34+/m1/s1. The van der Waals surface area contributed by atoms with Gasteiger partial charge in [-0.15, -0.1) is 0 Å². The van der Waals surface area contributed by atoms with Crippen molar-refractivity contribution in [1.29, 1.82) is 0 Å². The Balaban J connectivity index is 1.39. The average Bonchev–Trinajstić information content (AvgIpc) is 3.18. The van der Waals surface area contributed by atoms with Crippen LogP contribution in [-0.2, 0) is 18.9 Å². The number of ether oxygens (including phenoxy) is 4. The molecule has 1 heterocycles. The van der Waals surface area contributed by atoms with E-state index in [4.69, 9.17) is 18.9 Å². The van der Waals surface area contributed by atoms with Gasteiger partial charge in [0.15, 0.2) is 6.29 Å². The van der Waals surface area contributed by atoms with Crippen LogP contribution < -0.4 is 0 Å². The quantitative estimate of drug-likeness (QED) is 0.210. The maximum absolute atomic E-state index is 12.6. The molecule has 4 aliphatic carbocycles. The Morgan fingerprint density at radius 3 is 2.36 bits per heavy atom. The van der Waals surface area contributed by atoms with Gasteiger partial charge in [-0.1, -0.05) is 45.9 Å². The molecule has 44 heavy (non-hydrogen) atoms. The first-order chi connectivity index (χ1) is 20.8. The molecule has 4 fully saturated rings. The van der Waals surface area contributed by atoms with Gasteiger partial charge in [0.1, 0.15) is 18.3 Å². The zero-order valence-electron chi connectivity index (χ0n) is 27.2. The summed E-state index contributed by atoms with van der Waals surface area (Å²) in [6.07, 6.45) is 3.48. The van der Waals surface area contributed by atoms with Gasteiger partial charge in [0.25, 0.3) is 0 Å². The van der Waals surface area contributed by atoms with Crippen LogP contribution in [0.3, 0.4) is 0 Å². The largest absolute Gasteiger partial charge is 0.396 e. The van der Waals surface area contributed by atoms with Crippen LogP contribution in [0.2, 0.25) is 0 Å². The highest BCUT2D eigenvalue weighted by molar-refractivity contribution is 5.33. The number of fused-ring (bicyclic) bond motifs is 5. The van der Waals surface area contributed by atoms with Crippen LogP contribution in [0.4, 0.5) is 0 Å². The number of aliphatic hydroxyl groups excluding tert-OH is 5. The minimum atomic E-state index is -1.36. The summed E-state index contributed by atoms with van der Waals surface area (Å²) in [4.78, 5) is 0. The Kier molecular flexibility index (Phi) is 10.1. The van der Waals surface area contributed by atoms with Crippen molar-refractivity contribution in [3.8, 4) is 0 Å². The number of hydrogen-bond donors (Lipinski definition) is 6. The van der Waals surface area contributed by atoms with Crippen LogP contribution in [0.5, 0.6) is 0 Å². The molecular formula is C34H56O10. The molecule has 3 saturated carbocycles. The molecule has 0 radical (unpaired) electrons. The minimum absolute atomic E-state index is 0.0418. The normalized spacial score (nSPS) is 50.5. The molecule has 5 unspecified atom stereocenters. The van der Waals surface area contributed by atoms with E-state index in [1.807, 2.05) is 13.0 Å². The van der Waals surface area contributed by atoms with Crippen molar-refractivity contribution < 1.29 is 49.6 Å². The molecule has 5 aliphatic rings. The molecule has 0 bridgehead atoms. The molecule has 0 aromatic carbocycles. The second-order valence-corrected chi connectivity index (χ2v) is 14.9. The number of rotatable bonds is 9. The van der Waals surface area contributed by atoms with Crippen LogP contribution in [0.25, 0.3) is 0 Å². The summed E-state index contributed by atoms with van der Waals surface area (Å²) in [5.74, 6) is -0.887. The van der Waals surface area contributed by atoms with Gasteiger partial charge in [0, 0.05) is 33.2 Å². The highest BCUT2D eigenvalue weighted by Gasteiger charge is 2.72. The lowest BCUT2D eigenvalue weighted by molar-refractivity contribution is -0.289. The SMILES string of the molecule is COC1C(OC)[C@H](O)CO[C@H]1O[C@@H]1C=C2[C@H](O)C[C@]3(O)C(CC[C@@]4(C)C3[C@@H](O)[C@H](O)[C@@H]4[C@H](C)/C=C/C(C)CCO)[C@@]2(C)CC1. The van der Waals surface area contributed by atoms with Crippen molar-refractivity contribution in [3.05, 3.63) is 23.8 Å². The lowest BCUT2D eigenvalue weighted by atomic mass is 9.43. The summed E-state index contributed by atoms with van der Waals surface area (Å²) in [5, 5.41) is 67.0. The smallest absolute Gasteiger partial charge is 0.187 e. The highest BCUT2D eigenvalue weighted by atomic mass is 16.7. The fraction of sp³-hybridized carbons (Fsp3) is 0.882. The van der Waals surface area contributed by atoms with E-state index in [1.165, 1.54) is 14.2 Å². The van der Waals surface area contributed by atoms with Crippen LogP contribution in [0.15, 0.2) is 23.8 Å². The third-order valence-corrected chi connectivity index (χ3v) is 12.4. The maximum atomic E-state index is 12.6. The van der Waals surface area contributed by atoms with Gasteiger partial charge in [0.2, 0.25) is 0 Å². The number of methoxy groups -OCH3 is 2. The molecule has 0 amide bonds. The second kappa shape index (κ2) is 12.9. The highest BCUT2D eigenvalue weighted by Crippen LogP contribution is 2.69. The molecule has 1 saturated heterocycles. The van der Waals surface area contributed by atoms with Crippen LogP contribution in [-0.4, -0.2) is 113 Å². The summed E-state index contributed by atoms with van der Waals surface area (Å²) < 4.78 is 23.2. The Labute approximate surface area is 262 Å². The van der Waals surface area contributed by atoms with Crippen molar-refractivity contribution in [3.63, 3.8) is 0 Å². The lowest BCUT2D eigenvalue weighted by Gasteiger charge is -2.63. The maximum Gasteiger partial charge on any atom is 0.187 e. The van der Waals surface area contributed by atoms with Gasteiger partial charge in [0.05, 0.1) is 36.6 Å². The van der Waals surface area contributed by atoms with E-state index in [0.717, 1.165) is 12.0 Å². The van der Waals surface area contributed by atoms with Crippen molar-refractivity contribution in [2.24, 2.45) is 40.4 Å². The van der Waals surface area contributed by atoms with Gasteiger partial charge in [-0.3, -0.25) is 0 Å². The van der Waals surface area contributed by atoms with Gasteiger partial charge in [-0.2, -0.15) is 0 Å². The summed E-state index contributed by atoms with van der Waals surface area (Å²) in [5.41, 5.74) is -1.55. The minimum Gasteiger partial charge on any atom is -0.396 e. The van der Waals surface area contributed by atoms with Gasteiger partial charge in [-0.05, 0) is 72.2 Å². The molecule has 0 aromatic heterocycles. The third kappa shape index (κ3) is 5.55. The topological polar surface area (TPSA) is 158 Å². The molecule has 0 spiro atoms. The Morgan fingerprint density at radius 2 is 1.70 bits per heavy atom. The molecule has 10 heteroatoms. The molecule has 0 aromatic rings. The number of allylic oxidation sites excluding steroid dienone is 2. The molecule has 5 rings (SSSR count). The van der Waals surface area contributed by atoms with Crippen molar-refractivity contribution >= 4 is 0 Å². The summed E-state index contributed by atoms with van der Waals surface area (Å²) in [6, 6.07) is 0. The average molecular weight is 625 g/mol. The van der Waals surface area contributed by atoms with E-state index in [0.29, 0.717) is 25.7 Å². The van der Waals surface area contributed by atoms with Crippen molar-refractivity contribution in [1.82, 2.24) is 0 Å². The summed E-state index contributed by atoms with van der Waals surface area (Å²) in [6.45, 7) is 8.50. The molecule has 10 nitrogen and oxygen atoms in total. The van der Waals surface area contributed by atoms with Gasteiger partial charge in [-0.25, -0.2) is 0 Å². The van der Waals surface area contributed by atoms with Gasteiger partial charge >= 0.3 is 0 Å². The monoisotopic (exact) mass is 624 g/mol. The molecule has 16 atom stereocenters. The Hall–Kier alpha value is -0.920. The third-order valence-electron chi connectivity index (χ3n) is 12.4. The van der Waals surface area contributed by atoms with E-state index in [1.54, 1.807) is 0 Å². The van der Waals surface area contributed by atoms with E-state index in [9.17, 15) is 30.6 Å². The van der Waals surface area contributed by atoms with E-state index < -0.39 is 65.3 Å². The van der Waals surface area contributed by atoms with Crippen molar-refractivity contribution in [2.45, 2.75) is 121 Å². The predicted molar refractivity (Wildman–Crippen MR) is 162 cm³/mol. The van der Waals surface area contributed by atoms with Crippen molar-refractivity contribution in [2.75, 3.05) is 27.4 Å². The molecular weight excluding hydrogens is 568 g/mol. The zero-order chi connectivity index (χ0) is 32.2. The molecule has 6 N–H and O–H groups in total. The van der Waals surface area contributed by atoms with E-state index in [-0.39, 0.29) is 49.4 Å². The predicted octanol–water partition coefficient (Wildman–Crippen LogP) is 1.94. The number of aliphatic hydroxyl groups is 6.